The normalized spacial score (nSPS) is 19.9. The topological polar surface area (TPSA) is 149 Å². The number of aliphatic hydroxyl groups is 6. The molecule has 9 heteroatoms. The van der Waals surface area contributed by atoms with Crippen LogP contribution in [0.3, 0.4) is 0 Å². The van der Waals surface area contributed by atoms with Gasteiger partial charge in [-0.1, -0.05) is 540 Å². The first-order valence-corrected chi connectivity index (χ1v) is 58.0. The van der Waals surface area contributed by atoms with Gasteiger partial charge in [-0.25, -0.2) is 0 Å². The minimum Gasteiger partial charge on any atom is -0.394 e. The summed E-state index contributed by atoms with van der Waals surface area (Å²) >= 11 is 0. The number of fused-ring (bicyclic) bond motifs is 5. The van der Waals surface area contributed by atoms with Crippen LogP contribution in [0.25, 0.3) is 0 Å². The first kappa shape index (κ1) is 133. The Kier molecular flexibility index (Phi) is 108. The number of methoxy groups -OCH3 is 2. The van der Waals surface area contributed by atoms with Crippen molar-refractivity contribution in [1.82, 2.24) is 0 Å². The second-order valence-electron chi connectivity index (χ2n) is 42.5. The Morgan fingerprint density at radius 3 is 0.977 bits per heavy atom. The van der Waals surface area contributed by atoms with Gasteiger partial charge in [-0.3, -0.25) is 0 Å². The van der Waals surface area contributed by atoms with Crippen molar-refractivity contribution in [2.75, 3.05) is 60.5 Å². The number of allylic oxidation sites excluding steroid dienone is 4. The second kappa shape index (κ2) is 103. The Hall–Kier alpha value is -0.880. The zero-order chi connectivity index (χ0) is 95.7. The number of unbranched alkanes of at least 4 members (excludes halogenated alkanes) is 52. The fourth-order valence-corrected chi connectivity index (χ4v) is 21.0. The molecule has 0 amide bonds. The first-order valence-electron chi connectivity index (χ1n) is 58.0. The highest BCUT2D eigenvalue weighted by Gasteiger charge is 2.59. The maximum absolute atomic E-state index is 9.04. The van der Waals surface area contributed by atoms with Crippen molar-refractivity contribution >= 4 is 0 Å². The Labute approximate surface area is 806 Å². The standard InChI is InChI=1S/C28H48.C21H44.C19H40.C19H38.C13H28.C11H24O3.2C4H10O3/c1-19(2)8-7-9-21(4)24-12-13-25-23-11-10-22-18-20(3)14-16-27(22,5)26(23)15-17-28(24,25)6;1-4-7-9-11-13-14-16-18-20-21(6-3)19-17-15-12-10-8-5-2;2*1-3-5-7-9-11-13-15-17-19-18-16-14-12-10-8-6-4-2;1-3-5-7-9-11-13-12-10-8-6-4-2;1-3-5-6-10(4-2)8-14-9-11(13)7-12;2*1-7-3-4(6)2-5/h10,19-21,23-26H,7-9,11-18H2,1-6H3;21H,4-20H2,1-3H3;3-19H2,1-2H3;17,19H,3-16,18H2,1-2H3;3-13H2,1-2H3;10-13H,3-9H2,1-2H3;2*4-6H,2-3H2,1H3/b;;;19-17-;;;;/t20-,21?,23?,24?,25?,26?,27-,28+;;;;;;;/m1......./s1. The van der Waals surface area contributed by atoms with Crippen molar-refractivity contribution in [1.29, 1.82) is 0 Å². The fourth-order valence-electron chi connectivity index (χ4n) is 21.0. The molecule has 9 nitrogen and oxygen atoms in total. The Balaban J connectivity index is -0.000000710. The minimum absolute atomic E-state index is 0.205. The van der Waals surface area contributed by atoms with Crippen LogP contribution < -0.4 is 0 Å². The molecule has 0 aromatic heterocycles. The van der Waals surface area contributed by atoms with Crippen LogP contribution in [-0.2, 0) is 14.2 Å². The van der Waals surface area contributed by atoms with E-state index in [9.17, 15) is 0 Å². The van der Waals surface area contributed by atoms with Gasteiger partial charge in [0.1, 0.15) is 18.3 Å². The summed E-state index contributed by atoms with van der Waals surface area (Å²) in [7, 11) is 2.94. The number of ether oxygens (including phenoxy) is 3. The van der Waals surface area contributed by atoms with Crippen molar-refractivity contribution in [3.05, 3.63) is 23.8 Å². The zero-order valence-corrected chi connectivity index (χ0v) is 91.1. The number of rotatable bonds is 78. The largest absolute Gasteiger partial charge is 0.394 e. The highest BCUT2D eigenvalue weighted by atomic mass is 16.5. The lowest BCUT2D eigenvalue weighted by Crippen LogP contribution is -2.50. The van der Waals surface area contributed by atoms with Crippen LogP contribution in [0.2, 0.25) is 0 Å². The smallest absolute Gasteiger partial charge is 0.100 e. The third-order valence-corrected chi connectivity index (χ3v) is 29.9. The van der Waals surface area contributed by atoms with E-state index < -0.39 is 18.3 Å². The molecule has 0 spiro atoms. The summed E-state index contributed by atoms with van der Waals surface area (Å²) in [5, 5.41) is 50.9. The van der Waals surface area contributed by atoms with Gasteiger partial charge >= 0.3 is 0 Å². The third-order valence-electron chi connectivity index (χ3n) is 29.9. The molecule has 772 valence electrons. The van der Waals surface area contributed by atoms with Crippen LogP contribution in [0, 0.1) is 64.1 Å². The molecule has 3 saturated carbocycles. The van der Waals surface area contributed by atoms with E-state index >= 15 is 0 Å². The third kappa shape index (κ3) is 82.2. The van der Waals surface area contributed by atoms with Crippen molar-refractivity contribution in [3.8, 4) is 0 Å². The van der Waals surface area contributed by atoms with Gasteiger partial charge in [-0.15, -0.1) is 0 Å². The lowest BCUT2D eigenvalue weighted by atomic mass is 9.46. The Morgan fingerprint density at radius 2 is 0.664 bits per heavy atom. The van der Waals surface area contributed by atoms with Gasteiger partial charge in [-0.2, -0.15) is 0 Å². The Bertz CT molecular complexity index is 2100. The summed E-state index contributed by atoms with van der Waals surface area (Å²) in [4.78, 5) is 0. The average Bonchev–Trinajstić information content (AvgIpc) is 1.40. The molecule has 6 N–H and O–H groups in total. The maximum Gasteiger partial charge on any atom is 0.100 e. The molecule has 0 heterocycles. The van der Waals surface area contributed by atoms with Gasteiger partial charge in [0, 0.05) is 20.8 Å². The highest BCUT2D eigenvalue weighted by Crippen LogP contribution is 2.67. The fraction of sp³-hybridized carbons (Fsp3) is 0.966. The van der Waals surface area contributed by atoms with Crippen LogP contribution in [0.5, 0.6) is 0 Å². The van der Waals surface area contributed by atoms with E-state index in [2.05, 4.69) is 145 Å². The highest BCUT2D eigenvalue weighted by molar-refractivity contribution is 5.25. The molecule has 0 bridgehead atoms. The molecule has 10 unspecified atom stereocenters. The molecule has 0 saturated heterocycles. The van der Waals surface area contributed by atoms with Gasteiger partial charge in [0.25, 0.3) is 0 Å². The SMILES string of the molecule is CC(C)CCCC(C)C1CCC2C3CC=C4C[C@H](C)CC[C@@]4(C)C3CC[C@@]12C.CCCCC(CC)COCC(O)CO.CCCCCCCC/C=C\CCCCCCCCC.CCCCCCCCCCC(CC)CCCCCCCC.CCCCCCCCCCCCC.CCCCCCCCCCCCCCCCCCC.COCC(O)CO.COCC(O)CO. The van der Waals surface area contributed by atoms with Crippen molar-refractivity contribution in [3.63, 3.8) is 0 Å². The van der Waals surface area contributed by atoms with Gasteiger partial charge in [0.05, 0.1) is 39.6 Å². The van der Waals surface area contributed by atoms with Gasteiger partial charge < -0.3 is 44.8 Å². The lowest BCUT2D eigenvalue weighted by molar-refractivity contribution is -0.0523. The molecule has 4 aliphatic carbocycles. The lowest BCUT2D eigenvalue weighted by Gasteiger charge is -2.58. The first-order chi connectivity index (χ1) is 62.2. The predicted molar refractivity (Wildman–Crippen MR) is 570 cm³/mol. The quantitative estimate of drug-likeness (QED) is 0.0259. The average molecular weight is 1820 g/mol. The molecule has 0 aliphatic heterocycles. The van der Waals surface area contributed by atoms with E-state index in [1.54, 1.807) is 0 Å². The number of aliphatic hydroxyl groups excluding tert-OH is 6. The molecular formula is C119H242O9. The van der Waals surface area contributed by atoms with Crippen LogP contribution in [-0.4, -0.2) is 109 Å². The van der Waals surface area contributed by atoms with E-state index in [4.69, 9.17) is 35.4 Å². The van der Waals surface area contributed by atoms with Crippen molar-refractivity contribution in [2.45, 2.75) is 618 Å². The van der Waals surface area contributed by atoms with E-state index in [0.717, 1.165) is 53.8 Å². The van der Waals surface area contributed by atoms with Gasteiger partial charge in [0.2, 0.25) is 0 Å². The molecule has 128 heavy (non-hydrogen) atoms. The summed E-state index contributed by atoms with van der Waals surface area (Å²) in [5.41, 5.74) is 3.06. The molecular weight excluding hydrogens is 1570 g/mol. The molecule has 0 aromatic carbocycles. The van der Waals surface area contributed by atoms with Gasteiger partial charge in [-0.05, 0) is 148 Å². The van der Waals surface area contributed by atoms with E-state index in [-0.39, 0.29) is 39.6 Å². The van der Waals surface area contributed by atoms with Crippen molar-refractivity contribution in [2.24, 2.45) is 64.1 Å². The van der Waals surface area contributed by atoms with E-state index in [1.807, 2.05) is 5.57 Å². The molecule has 4 rings (SSSR count). The van der Waals surface area contributed by atoms with Gasteiger partial charge in [0.15, 0.2) is 0 Å². The summed E-state index contributed by atoms with van der Waals surface area (Å²) in [6.45, 7) is 41.0. The number of hydrogen-bond donors (Lipinski definition) is 6. The molecule has 0 radical (unpaired) electrons. The molecule has 4 aliphatic rings. The summed E-state index contributed by atoms with van der Waals surface area (Å²) < 4.78 is 14.3. The molecule has 0 aromatic rings. The summed E-state index contributed by atoms with van der Waals surface area (Å²) in [6, 6.07) is 0. The maximum atomic E-state index is 9.04. The van der Waals surface area contributed by atoms with E-state index in [1.165, 1.54) is 489 Å². The Morgan fingerprint density at radius 1 is 0.344 bits per heavy atom. The second-order valence-corrected chi connectivity index (χ2v) is 42.5. The molecule has 13 atom stereocenters. The van der Waals surface area contributed by atoms with Crippen LogP contribution >= 0.6 is 0 Å². The van der Waals surface area contributed by atoms with Crippen LogP contribution in [0.15, 0.2) is 23.8 Å². The van der Waals surface area contributed by atoms with Crippen LogP contribution in [0.4, 0.5) is 0 Å². The molecule has 3 fully saturated rings. The summed E-state index contributed by atoms with van der Waals surface area (Å²) in [5.74, 6) is 8.35. The van der Waals surface area contributed by atoms with E-state index in [0.29, 0.717) is 23.4 Å². The minimum atomic E-state index is -0.723. The van der Waals surface area contributed by atoms with Crippen molar-refractivity contribution < 1.29 is 44.8 Å². The predicted octanol–water partition coefficient (Wildman–Crippen LogP) is 36.9. The summed E-state index contributed by atoms with van der Waals surface area (Å²) in [6.07, 6.45) is 113. The monoisotopic (exact) mass is 1820 g/mol. The van der Waals surface area contributed by atoms with Crippen LogP contribution in [0.1, 0.15) is 599 Å². The number of hydrogen-bond acceptors (Lipinski definition) is 9. The zero-order valence-electron chi connectivity index (χ0n) is 91.1.